The summed E-state index contributed by atoms with van der Waals surface area (Å²) in [5.41, 5.74) is 1.31. The molecule has 73 valence electrons. The van der Waals surface area contributed by atoms with Crippen molar-refractivity contribution in [2.45, 2.75) is 39.8 Å². The molecule has 0 N–H and O–H groups in total. The number of benzene rings is 1. The van der Waals surface area contributed by atoms with Crippen molar-refractivity contribution in [3.8, 4) is 0 Å². The number of hydrogen-bond donors (Lipinski definition) is 0. The first-order valence-electron chi connectivity index (χ1n) is 4.96. The molecule has 0 bridgehead atoms. The standard InChI is InChI=1S/C12H19N.Li/c1-10(2)13(11(3)4)12-8-6-5-7-9-12;/h5-11H,1-4H3;. The summed E-state index contributed by atoms with van der Waals surface area (Å²) in [6, 6.07) is 11.7. The molecule has 0 saturated heterocycles. The zero-order valence-electron chi connectivity index (χ0n) is 9.99. The smallest absolute Gasteiger partial charge is 0.0370 e. The van der Waals surface area contributed by atoms with Crippen LogP contribution in [0.25, 0.3) is 0 Å². The molecule has 0 unspecified atom stereocenters. The van der Waals surface area contributed by atoms with Gasteiger partial charge in [0.1, 0.15) is 0 Å². The Labute approximate surface area is 99.7 Å². The Bertz CT molecular complexity index is 236. The number of anilines is 1. The molecule has 0 aliphatic heterocycles. The van der Waals surface area contributed by atoms with E-state index < -0.39 is 0 Å². The van der Waals surface area contributed by atoms with Crippen LogP contribution in [0.5, 0.6) is 0 Å². The van der Waals surface area contributed by atoms with Gasteiger partial charge in [0.25, 0.3) is 0 Å². The predicted molar refractivity (Wildman–Crippen MR) is 64.9 cm³/mol. The molecule has 0 heterocycles. The van der Waals surface area contributed by atoms with Crippen LogP contribution >= 0.6 is 0 Å². The largest absolute Gasteiger partial charge is 0.367 e. The Balaban J connectivity index is 0.00000169. The van der Waals surface area contributed by atoms with Crippen LogP contribution in [0, 0.1) is 0 Å². The minimum atomic E-state index is 0. The van der Waals surface area contributed by atoms with E-state index in [0.29, 0.717) is 12.1 Å². The maximum Gasteiger partial charge on any atom is 0.0370 e. The second-order valence-corrected chi connectivity index (χ2v) is 3.93. The summed E-state index contributed by atoms with van der Waals surface area (Å²) in [6.45, 7) is 8.92. The van der Waals surface area contributed by atoms with Crippen molar-refractivity contribution in [3.63, 3.8) is 0 Å². The maximum atomic E-state index is 2.42. The van der Waals surface area contributed by atoms with E-state index in [1.165, 1.54) is 5.69 Å². The molecule has 0 aliphatic rings. The normalized spacial score (nSPS) is 10.1. The Morgan fingerprint density at radius 2 is 1.29 bits per heavy atom. The van der Waals surface area contributed by atoms with Gasteiger partial charge in [-0.05, 0) is 39.8 Å². The number of hydrogen-bond acceptors (Lipinski definition) is 1. The maximum absolute atomic E-state index is 2.42. The fourth-order valence-corrected chi connectivity index (χ4v) is 1.79. The van der Waals surface area contributed by atoms with E-state index in [4.69, 9.17) is 0 Å². The zero-order chi connectivity index (χ0) is 9.84. The summed E-state index contributed by atoms with van der Waals surface area (Å²) in [7, 11) is 0. The summed E-state index contributed by atoms with van der Waals surface area (Å²) in [5, 5.41) is 0. The van der Waals surface area contributed by atoms with Crippen molar-refractivity contribution in [2.75, 3.05) is 4.90 Å². The Hall–Kier alpha value is -0.383. The summed E-state index contributed by atoms with van der Waals surface area (Å²) in [6.07, 6.45) is 0. The van der Waals surface area contributed by atoms with Gasteiger partial charge >= 0.3 is 0 Å². The van der Waals surface area contributed by atoms with Gasteiger partial charge in [-0.1, -0.05) is 18.2 Å². The van der Waals surface area contributed by atoms with E-state index in [1.54, 1.807) is 0 Å². The molecule has 14 heavy (non-hydrogen) atoms. The quantitative estimate of drug-likeness (QED) is 0.653. The molecule has 0 amide bonds. The van der Waals surface area contributed by atoms with Gasteiger partial charge in [0.15, 0.2) is 0 Å². The Kier molecular flexibility index (Phi) is 6.00. The molecule has 0 saturated carbocycles. The fourth-order valence-electron chi connectivity index (χ4n) is 1.79. The van der Waals surface area contributed by atoms with Gasteiger partial charge in [0.05, 0.1) is 0 Å². The van der Waals surface area contributed by atoms with Gasteiger partial charge in [0, 0.05) is 36.6 Å². The monoisotopic (exact) mass is 184 g/mol. The number of nitrogens with zero attached hydrogens (tertiary/aromatic N) is 1. The van der Waals surface area contributed by atoms with Gasteiger partial charge in [-0.2, -0.15) is 0 Å². The summed E-state index contributed by atoms with van der Waals surface area (Å²) >= 11 is 0. The van der Waals surface area contributed by atoms with Gasteiger partial charge in [-0.3, -0.25) is 0 Å². The molecule has 1 nitrogen and oxygen atoms in total. The Morgan fingerprint density at radius 1 is 0.857 bits per heavy atom. The molecule has 0 atom stereocenters. The SMILES string of the molecule is CC(C)N(c1ccccc1)C(C)C.[Li]. The summed E-state index contributed by atoms with van der Waals surface area (Å²) in [4.78, 5) is 2.42. The third-order valence-electron chi connectivity index (χ3n) is 2.17. The van der Waals surface area contributed by atoms with E-state index in [1.807, 2.05) is 0 Å². The third-order valence-corrected chi connectivity index (χ3v) is 2.17. The van der Waals surface area contributed by atoms with Crippen LogP contribution in [-0.2, 0) is 0 Å². The van der Waals surface area contributed by atoms with E-state index in [2.05, 4.69) is 62.9 Å². The van der Waals surface area contributed by atoms with E-state index in [0.717, 1.165) is 0 Å². The van der Waals surface area contributed by atoms with Gasteiger partial charge < -0.3 is 4.90 Å². The van der Waals surface area contributed by atoms with Crippen LogP contribution in [0.4, 0.5) is 5.69 Å². The van der Waals surface area contributed by atoms with Crippen LogP contribution < -0.4 is 4.90 Å². The van der Waals surface area contributed by atoms with Crippen molar-refractivity contribution in [1.29, 1.82) is 0 Å². The molecular formula is C12H19LiN. The molecular weight excluding hydrogens is 165 g/mol. The summed E-state index contributed by atoms with van der Waals surface area (Å²) < 4.78 is 0. The molecule has 1 radical (unpaired) electrons. The van der Waals surface area contributed by atoms with Crippen molar-refractivity contribution >= 4 is 24.5 Å². The van der Waals surface area contributed by atoms with Gasteiger partial charge in [-0.15, -0.1) is 0 Å². The van der Waals surface area contributed by atoms with E-state index in [-0.39, 0.29) is 18.9 Å². The number of para-hydroxylation sites is 1. The first-order chi connectivity index (χ1) is 6.13. The third kappa shape index (κ3) is 3.40. The van der Waals surface area contributed by atoms with E-state index >= 15 is 0 Å². The molecule has 0 fully saturated rings. The van der Waals surface area contributed by atoms with Crippen LogP contribution in [-0.4, -0.2) is 30.9 Å². The molecule has 1 rings (SSSR count). The second kappa shape index (κ2) is 6.17. The first kappa shape index (κ1) is 13.6. The zero-order valence-corrected chi connectivity index (χ0v) is 9.99. The molecule has 0 aliphatic carbocycles. The molecule has 0 aromatic heterocycles. The van der Waals surface area contributed by atoms with Gasteiger partial charge in [0.2, 0.25) is 0 Å². The predicted octanol–water partition coefficient (Wildman–Crippen LogP) is 2.93. The Morgan fingerprint density at radius 3 is 1.64 bits per heavy atom. The molecule has 0 spiro atoms. The minimum Gasteiger partial charge on any atom is -0.367 e. The molecule has 2 heteroatoms. The average Bonchev–Trinajstić information content (AvgIpc) is 2.04. The minimum absolute atomic E-state index is 0. The molecule has 1 aromatic carbocycles. The van der Waals surface area contributed by atoms with E-state index in [9.17, 15) is 0 Å². The fraction of sp³-hybridized carbons (Fsp3) is 0.500. The van der Waals surface area contributed by atoms with Crippen molar-refractivity contribution in [3.05, 3.63) is 30.3 Å². The topological polar surface area (TPSA) is 3.24 Å². The van der Waals surface area contributed by atoms with Crippen molar-refractivity contribution in [2.24, 2.45) is 0 Å². The van der Waals surface area contributed by atoms with Gasteiger partial charge in [-0.25, -0.2) is 0 Å². The first-order valence-corrected chi connectivity index (χ1v) is 4.96. The summed E-state index contributed by atoms with van der Waals surface area (Å²) in [5.74, 6) is 0. The van der Waals surface area contributed by atoms with Crippen molar-refractivity contribution in [1.82, 2.24) is 0 Å². The van der Waals surface area contributed by atoms with Crippen LogP contribution in [0.1, 0.15) is 27.7 Å². The number of rotatable bonds is 3. The van der Waals surface area contributed by atoms with Crippen LogP contribution in [0.3, 0.4) is 0 Å². The van der Waals surface area contributed by atoms with Crippen LogP contribution in [0.2, 0.25) is 0 Å². The average molecular weight is 184 g/mol. The van der Waals surface area contributed by atoms with Crippen LogP contribution in [0.15, 0.2) is 30.3 Å². The van der Waals surface area contributed by atoms with Crippen molar-refractivity contribution < 1.29 is 0 Å². The molecule has 1 aromatic rings. The second-order valence-electron chi connectivity index (χ2n) is 3.93.